The molecule has 5 heteroatoms. The summed E-state index contributed by atoms with van der Waals surface area (Å²) in [5.41, 5.74) is 7.16. The molecule has 0 saturated carbocycles. The first-order chi connectivity index (χ1) is 7.58. The molecular weight excluding hydrogens is 208 g/mol. The van der Waals surface area contributed by atoms with Gasteiger partial charge in [-0.3, -0.25) is 4.79 Å². The Morgan fingerprint density at radius 3 is 2.62 bits per heavy atom. The second-order valence-electron chi connectivity index (χ2n) is 3.87. The highest BCUT2D eigenvalue weighted by Gasteiger charge is 2.17. The van der Waals surface area contributed by atoms with Gasteiger partial charge in [-0.2, -0.15) is 0 Å². The summed E-state index contributed by atoms with van der Waals surface area (Å²) in [6, 6.07) is 3.46. The molecule has 2 N–H and O–H groups in total. The van der Waals surface area contributed by atoms with Crippen molar-refractivity contribution in [3.05, 3.63) is 17.7 Å². The molecule has 0 spiro atoms. The summed E-state index contributed by atoms with van der Waals surface area (Å²) in [5.74, 6) is 1.29. The Balaban J connectivity index is 2.25. The fourth-order valence-corrected chi connectivity index (χ4v) is 1.47. The van der Waals surface area contributed by atoms with Crippen LogP contribution in [-0.4, -0.2) is 31.7 Å². The fraction of sp³-hybridized carbons (Fsp3) is 0.364. The molecule has 0 fully saturated rings. The Hall–Kier alpha value is -1.91. The van der Waals surface area contributed by atoms with E-state index in [1.165, 1.54) is 4.90 Å². The number of likely N-dealkylation sites (N-methyl/N-ethyl adjacent to an activating group) is 1. The quantitative estimate of drug-likeness (QED) is 0.745. The monoisotopic (exact) mass is 222 g/mol. The first kappa shape index (κ1) is 10.6. The molecule has 1 aromatic carbocycles. The third-order valence-electron chi connectivity index (χ3n) is 2.47. The molecule has 16 heavy (non-hydrogen) atoms. The molecule has 1 amide bonds. The Morgan fingerprint density at radius 1 is 1.38 bits per heavy atom. The van der Waals surface area contributed by atoms with Gasteiger partial charge < -0.3 is 20.1 Å². The molecule has 0 aliphatic carbocycles. The van der Waals surface area contributed by atoms with Crippen molar-refractivity contribution in [2.24, 2.45) is 0 Å². The van der Waals surface area contributed by atoms with Crippen molar-refractivity contribution in [2.75, 3.05) is 26.6 Å². The van der Waals surface area contributed by atoms with Gasteiger partial charge in [-0.25, -0.2) is 0 Å². The van der Waals surface area contributed by atoms with Crippen LogP contribution in [0, 0.1) is 0 Å². The number of nitrogens with zero attached hydrogens (tertiary/aromatic N) is 1. The summed E-state index contributed by atoms with van der Waals surface area (Å²) >= 11 is 0. The summed E-state index contributed by atoms with van der Waals surface area (Å²) < 4.78 is 10.4. The van der Waals surface area contributed by atoms with Crippen LogP contribution in [0.5, 0.6) is 11.5 Å². The van der Waals surface area contributed by atoms with Crippen molar-refractivity contribution in [2.45, 2.75) is 6.42 Å². The van der Waals surface area contributed by atoms with E-state index >= 15 is 0 Å². The summed E-state index contributed by atoms with van der Waals surface area (Å²) in [5, 5.41) is 0. The number of benzene rings is 1. The highest BCUT2D eigenvalue weighted by Crippen LogP contribution is 2.36. The Morgan fingerprint density at radius 2 is 2.00 bits per heavy atom. The van der Waals surface area contributed by atoms with Crippen LogP contribution in [0.15, 0.2) is 12.1 Å². The van der Waals surface area contributed by atoms with Gasteiger partial charge in [0.05, 0.1) is 6.42 Å². The van der Waals surface area contributed by atoms with E-state index in [2.05, 4.69) is 0 Å². The van der Waals surface area contributed by atoms with E-state index in [0.717, 1.165) is 5.56 Å². The van der Waals surface area contributed by atoms with Crippen LogP contribution < -0.4 is 15.2 Å². The maximum Gasteiger partial charge on any atom is 0.231 e. The number of anilines is 1. The second kappa shape index (κ2) is 3.92. The van der Waals surface area contributed by atoms with Crippen LogP contribution in [0.2, 0.25) is 0 Å². The number of nitrogens with two attached hydrogens (primary N) is 1. The Bertz CT molecular complexity index is 429. The predicted octanol–water partition coefficient (Wildman–Crippen LogP) is 0.628. The van der Waals surface area contributed by atoms with E-state index in [1.807, 2.05) is 0 Å². The predicted molar refractivity (Wildman–Crippen MR) is 59.4 cm³/mol. The van der Waals surface area contributed by atoms with Gasteiger partial charge in [0, 0.05) is 25.8 Å². The SMILES string of the molecule is CN(C)C(=O)Cc1cc2c(cc1N)OCO2. The first-order valence-electron chi connectivity index (χ1n) is 4.96. The number of amides is 1. The van der Waals surface area contributed by atoms with Crippen molar-refractivity contribution < 1.29 is 14.3 Å². The second-order valence-corrected chi connectivity index (χ2v) is 3.87. The molecule has 0 bridgehead atoms. The first-order valence-corrected chi connectivity index (χ1v) is 4.96. The average molecular weight is 222 g/mol. The normalized spacial score (nSPS) is 12.6. The molecule has 1 heterocycles. The molecule has 1 aliphatic rings. The van der Waals surface area contributed by atoms with E-state index in [9.17, 15) is 4.79 Å². The van der Waals surface area contributed by atoms with Crippen LogP contribution in [0.25, 0.3) is 0 Å². The summed E-state index contributed by atoms with van der Waals surface area (Å²) in [6.07, 6.45) is 0.273. The molecule has 2 rings (SSSR count). The third-order valence-corrected chi connectivity index (χ3v) is 2.47. The van der Waals surface area contributed by atoms with Crippen LogP contribution in [0.4, 0.5) is 5.69 Å². The molecule has 0 atom stereocenters. The largest absolute Gasteiger partial charge is 0.454 e. The number of ether oxygens (including phenoxy) is 2. The highest BCUT2D eigenvalue weighted by atomic mass is 16.7. The Kier molecular flexibility index (Phi) is 2.60. The molecule has 0 saturated heterocycles. The van der Waals surface area contributed by atoms with E-state index in [-0.39, 0.29) is 19.1 Å². The minimum Gasteiger partial charge on any atom is -0.454 e. The number of rotatable bonds is 2. The summed E-state index contributed by atoms with van der Waals surface area (Å²) in [4.78, 5) is 13.1. The number of fused-ring (bicyclic) bond motifs is 1. The molecule has 86 valence electrons. The van der Waals surface area contributed by atoms with Gasteiger partial charge in [-0.1, -0.05) is 0 Å². The maximum atomic E-state index is 11.6. The molecule has 5 nitrogen and oxygen atoms in total. The van der Waals surface area contributed by atoms with E-state index < -0.39 is 0 Å². The maximum absolute atomic E-state index is 11.6. The lowest BCUT2D eigenvalue weighted by Gasteiger charge is -2.11. The molecule has 1 aliphatic heterocycles. The van der Waals surface area contributed by atoms with Crippen LogP contribution >= 0.6 is 0 Å². The van der Waals surface area contributed by atoms with E-state index in [4.69, 9.17) is 15.2 Å². The van der Waals surface area contributed by atoms with E-state index in [0.29, 0.717) is 17.2 Å². The van der Waals surface area contributed by atoms with Crippen LogP contribution in [-0.2, 0) is 11.2 Å². The molecule has 0 aromatic heterocycles. The zero-order chi connectivity index (χ0) is 11.7. The number of carbonyl (C=O) groups excluding carboxylic acids is 1. The summed E-state index contributed by atoms with van der Waals surface area (Å²) in [6.45, 7) is 0.208. The smallest absolute Gasteiger partial charge is 0.231 e. The van der Waals surface area contributed by atoms with Gasteiger partial charge in [-0.15, -0.1) is 0 Å². The lowest BCUT2D eigenvalue weighted by atomic mass is 10.1. The van der Waals surface area contributed by atoms with E-state index in [1.54, 1.807) is 26.2 Å². The number of hydrogen-bond acceptors (Lipinski definition) is 4. The topological polar surface area (TPSA) is 64.8 Å². The van der Waals surface area contributed by atoms with Gasteiger partial charge in [0.25, 0.3) is 0 Å². The van der Waals surface area contributed by atoms with Gasteiger partial charge in [0.15, 0.2) is 11.5 Å². The number of carbonyl (C=O) groups is 1. The van der Waals surface area contributed by atoms with Gasteiger partial charge in [0.2, 0.25) is 12.7 Å². The van der Waals surface area contributed by atoms with Crippen molar-refractivity contribution in [3.63, 3.8) is 0 Å². The Labute approximate surface area is 93.7 Å². The minimum absolute atomic E-state index is 0.00515. The van der Waals surface area contributed by atoms with Gasteiger partial charge >= 0.3 is 0 Å². The van der Waals surface area contributed by atoms with Gasteiger partial charge in [-0.05, 0) is 11.6 Å². The molecule has 1 aromatic rings. The van der Waals surface area contributed by atoms with Crippen molar-refractivity contribution in [3.8, 4) is 11.5 Å². The zero-order valence-corrected chi connectivity index (χ0v) is 9.32. The molecule has 0 unspecified atom stereocenters. The lowest BCUT2D eigenvalue weighted by Crippen LogP contribution is -2.23. The van der Waals surface area contributed by atoms with Crippen LogP contribution in [0.3, 0.4) is 0 Å². The molecular formula is C11H14N2O3. The standard InChI is InChI=1S/C11H14N2O3/c1-13(2)11(14)4-7-3-9-10(5-8(7)12)16-6-15-9/h3,5H,4,6,12H2,1-2H3. The van der Waals surface area contributed by atoms with Gasteiger partial charge in [0.1, 0.15) is 0 Å². The minimum atomic E-state index is 0.00515. The summed E-state index contributed by atoms with van der Waals surface area (Å²) in [7, 11) is 3.43. The number of nitrogen functional groups attached to an aromatic ring is 1. The van der Waals surface area contributed by atoms with Crippen LogP contribution in [0.1, 0.15) is 5.56 Å². The number of hydrogen-bond donors (Lipinski definition) is 1. The lowest BCUT2D eigenvalue weighted by molar-refractivity contribution is -0.127. The molecule has 0 radical (unpaired) electrons. The third kappa shape index (κ3) is 1.88. The zero-order valence-electron chi connectivity index (χ0n) is 9.32. The van der Waals surface area contributed by atoms with Crippen molar-refractivity contribution in [1.82, 2.24) is 4.90 Å². The highest BCUT2D eigenvalue weighted by molar-refractivity contribution is 5.80. The average Bonchev–Trinajstić information content (AvgIpc) is 2.65. The fourth-order valence-electron chi connectivity index (χ4n) is 1.47. The van der Waals surface area contributed by atoms with Crippen molar-refractivity contribution >= 4 is 11.6 Å². The van der Waals surface area contributed by atoms with Crippen molar-refractivity contribution in [1.29, 1.82) is 0 Å².